The Morgan fingerprint density at radius 2 is 1.65 bits per heavy atom. The number of piperazine rings is 1. The Labute approximate surface area is 197 Å². The number of benzene rings is 1. The van der Waals surface area contributed by atoms with Gasteiger partial charge in [-0.05, 0) is 61.0 Å². The first-order chi connectivity index (χ1) is 16.5. The quantitative estimate of drug-likeness (QED) is 0.452. The summed E-state index contributed by atoms with van der Waals surface area (Å²) in [6.07, 6.45) is 5.28. The lowest BCUT2D eigenvalue weighted by Gasteiger charge is -2.34. The van der Waals surface area contributed by atoms with Crippen molar-refractivity contribution in [3.8, 4) is 5.69 Å². The number of hydrogen-bond donors (Lipinski definition) is 1. The Hall–Kier alpha value is -3.83. The highest BCUT2D eigenvalue weighted by atomic mass is 32.2. The van der Waals surface area contributed by atoms with E-state index < -0.39 is 10.0 Å². The van der Waals surface area contributed by atoms with Crippen molar-refractivity contribution in [2.45, 2.75) is 11.8 Å². The van der Waals surface area contributed by atoms with E-state index in [2.05, 4.69) is 25.6 Å². The lowest BCUT2D eigenvalue weighted by molar-refractivity contribution is 0.383. The molecule has 0 radical (unpaired) electrons. The van der Waals surface area contributed by atoms with Crippen LogP contribution in [0.2, 0.25) is 0 Å². The zero-order valence-electron chi connectivity index (χ0n) is 18.6. The molecule has 0 atom stereocenters. The zero-order valence-corrected chi connectivity index (χ0v) is 19.4. The summed E-state index contributed by atoms with van der Waals surface area (Å²) in [6.45, 7) is 3.79. The summed E-state index contributed by atoms with van der Waals surface area (Å²) in [7, 11) is -3.57. The monoisotopic (exact) mass is 476 g/mol. The first-order valence-electron chi connectivity index (χ1n) is 10.9. The second-order valence-corrected chi connectivity index (χ2v) is 9.90. The summed E-state index contributed by atoms with van der Waals surface area (Å²) < 4.78 is 29.4. The predicted octanol–water partition coefficient (Wildman–Crippen LogP) is 2.62. The van der Waals surface area contributed by atoms with Crippen LogP contribution in [0.3, 0.4) is 0 Å². The number of sulfonamides is 1. The Balaban J connectivity index is 1.20. The zero-order chi connectivity index (χ0) is 23.5. The Bertz CT molecular complexity index is 1330. The predicted molar refractivity (Wildman–Crippen MR) is 129 cm³/mol. The van der Waals surface area contributed by atoms with Gasteiger partial charge >= 0.3 is 0 Å². The molecular formula is C23H24N8O2S. The lowest BCUT2D eigenvalue weighted by atomic mass is 10.3. The largest absolute Gasteiger partial charge is 0.352 e. The van der Waals surface area contributed by atoms with Crippen LogP contribution in [0.4, 0.5) is 17.5 Å². The molecule has 0 bridgehead atoms. The third kappa shape index (κ3) is 4.61. The molecule has 3 aromatic heterocycles. The number of rotatable bonds is 6. The molecule has 174 valence electrons. The summed E-state index contributed by atoms with van der Waals surface area (Å²) >= 11 is 0. The van der Waals surface area contributed by atoms with Crippen LogP contribution in [-0.4, -0.2) is 63.9 Å². The van der Waals surface area contributed by atoms with Crippen LogP contribution in [0.25, 0.3) is 5.69 Å². The molecule has 4 aromatic rings. The molecule has 1 aliphatic rings. The van der Waals surface area contributed by atoms with Gasteiger partial charge in [-0.15, -0.1) is 10.2 Å². The molecule has 11 heteroatoms. The minimum absolute atomic E-state index is 0.275. The van der Waals surface area contributed by atoms with Gasteiger partial charge in [-0.2, -0.15) is 9.40 Å². The van der Waals surface area contributed by atoms with Crippen molar-refractivity contribution >= 4 is 27.5 Å². The highest BCUT2D eigenvalue weighted by molar-refractivity contribution is 7.89. The maximum absolute atomic E-state index is 13.1. The molecule has 4 heterocycles. The molecule has 1 aliphatic heterocycles. The summed E-state index contributed by atoms with van der Waals surface area (Å²) in [6, 6.07) is 16.2. The molecule has 0 aliphatic carbocycles. The van der Waals surface area contributed by atoms with E-state index in [-0.39, 0.29) is 4.90 Å². The van der Waals surface area contributed by atoms with Crippen LogP contribution in [0.15, 0.2) is 78.1 Å². The summed E-state index contributed by atoms with van der Waals surface area (Å²) in [5, 5.41) is 15.8. The fourth-order valence-corrected chi connectivity index (χ4v) is 5.15. The Kier molecular flexibility index (Phi) is 5.95. The van der Waals surface area contributed by atoms with Crippen LogP contribution in [-0.2, 0) is 10.0 Å². The summed E-state index contributed by atoms with van der Waals surface area (Å²) in [5.74, 6) is 2.01. The second-order valence-electron chi connectivity index (χ2n) is 7.96. The number of aromatic nitrogens is 5. The molecular weight excluding hydrogens is 452 g/mol. The van der Waals surface area contributed by atoms with Gasteiger partial charge in [0.25, 0.3) is 0 Å². The third-order valence-corrected chi connectivity index (χ3v) is 7.54. The average molecular weight is 477 g/mol. The number of nitrogens with one attached hydrogen (secondary N) is 1. The van der Waals surface area contributed by atoms with E-state index in [1.54, 1.807) is 41.3 Å². The number of pyridine rings is 1. The van der Waals surface area contributed by atoms with Gasteiger partial charge in [0, 0.05) is 44.8 Å². The van der Waals surface area contributed by atoms with Crippen molar-refractivity contribution in [2.24, 2.45) is 0 Å². The molecule has 34 heavy (non-hydrogen) atoms. The Morgan fingerprint density at radius 3 is 2.26 bits per heavy atom. The molecule has 1 saturated heterocycles. The molecule has 0 unspecified atom stereocenters. The lowest BCUT2D eigenvalue weighted by Crippen LogP contribution is -2.49. The molecule has 0 saturated carbocycles. The van der Waals surface area contributed by atoms with Gasteiger partial charge < -0.3 is 10.2 Å². The number of anilines is 3. The van der Waals surface area contributed by atoms with Gasteiger partial charge in [0.05, 0.1) is 10.6 Å². The van der Waals surface area contributed by atoms with Gasteiger partial charge in [0.2, 0.25) is 10.0 Å². The third-order valence-electron chi connectivity index (χ3n) is 5.62. The highest BCUT2D eigenvalue weighted by Gasteiger charge is 2.29. The minimum Gasteiger partial charge on any atom is -0.352 e. The minimum atomic E-state index is -3.57. The standard InChI is InChI=1S/C23H24N8O2S/c1-18-3-8-21(24-17-18)26-22-9-10-23(28-27-22)29-13-15-30(16-14-29)34(32,33)20-6-4-19(5-7-20)31-12-2-11-25-31/h2-12,17H,13-16H2,1H3,(H,24,26,27). The van der Waals surface area contributed by atoms with Crippen molar-refractivity contribution in [2.75, 3.05) is 36.4 Å². The van der Waals surface area contributed by atoms with Crippen LogP contribution in [0, 0.1) is 6.92 Å². The van der Waals surface area contributed by atoms with E-state index in [1.807, 2.05) is 48.4 Å². The maximum Gasteiger partial charge on any atom is 0.243 e. The fourth-order valence-electron chi connectivity index (χ4n) is 3.73. The van der Waals surface area contributed by atoms with Crippen molar-refractivity contribution in [1.82, 2.24) is 29.3 Å². The van der Waals surface area contributed by atoms with Crippen molar-refractivity contribution in [1.29, 1.82) is 0 Å². The number of hydrogen-bond acceptors (Lipinski definition) is 8. The maximum atomic E-state index is 13.1. The molecule has 1 N–H and O–H groups in total. The second kappa shape index (κ2) is 9.20. The molecule has 1 aromatic carbocycles. The number of aryl methyl sites for hydroxylation is 1. The van der Waals surface area contributed by atoms with Gasteiger partial charge in [-0.3, -0.25) is 0 Å². The van der Waals surface area contributed by atoms with Crippen LogP contribution < -0.4 is 10.2 Å². The van der Waals surface area contributed by atoms with Gasteiger partial charge in [-0.1, -0.05) is 6.07 Å². The van der Waals surface area contributed by atoms with Crippen LogP contribution in [0.1, 0.15) is 5.56 Å². The summed E-state index contributed by atoms with van der Waals surface area (Å²) in [5.41, 5.74) is 1.89. The topological polar surface area (TPSA) is 109 Å². The van der Waals surface area contributed by atoms with E-state index in [0.29, 0.717) is 43.6 Å². The SMILES string of the molecule is Cc1ccc(Nc2ccc(N3CCN(S(=O)(=O)c4ccc(-n5cccn5)cc4)CC3)nn2)nc1. The van der Waals surface area contributed by atoms with Gasteiger partial charge in [-0.25, -0.2) is 18.1 Å². The van der Waals surface area contributed by atoms with E-state index in [4.69, 9.17) is 0 Å². The number of nitrogens with zero attached hydrogens (tertiary/aromatic N) is 7. The van der Waals surface area contributed by atoms with E-state index >= 15 is 0 Å². The molecule has 1 fully saturated rings. The van der Waals surface area contributed by atoms with E-state index in [9.17, 15) is 8.42 Å². The smallest absolute Gasteiger partial charge is 0.243 e. The normalized spacial score (nSPS) is 14.8. The van der Waals surface area contributed by atoms with Crippen molar-refractivity contribution in [3.63, 3.8) is 0 Å². The summed E-state index contributed by atoms with van der Waals surface area (Å²) in [4.78, 5) is 6.61. The van der Waals surface area contributed by atoms with Crippen molar-refractivity contribution < 1.29 is 8.42 Å². The van der Waals surface area contributed by atoms with Gasteiger partial charge in [0.1, 0.15) is 5.82 Å². The molecule has 5 rings (SSSR count). The van der Waals surface area contributed by atoms with Crippen LogP contribution >= 0.6 is 0 Å². The molecule has 10 nitrogen and oxygen atoms in total. The van der Waals surface area contributed by atoms with Crippen LogP contribution in [0.5, 0.6) is 0 Å². The average Bonchev–Trinajstić information content (AvgIpc) is 3.41. The molecule has 0 amide bonds. The first-order valence-corrected chi connectivity index (χ1v) is 12.3. The van der Waals surface area contributed by atoms with E-state index in [1.165, 1.54) is 4.31 Å². The highest BCUT2D eigenvalue weighted by Crippen LogP contribution is 2.22. The van der Waals surface area contributed by atoms with Crippen molar-refractivity contribution in [3.05, 3.63) is 78.8 Å². The fraction of sp³-hybridized carbons (Fsp3) is 0.217. The van der Waals surface area contributed by atoms with E-state index in [0.717, 1.165) is 11.3 Å². The molecule has 0 spiro atoms. The first kappa shape index (κ1) is 22.0. The Morgan fingerprint density at radius 1 is 0.882 bits per heavy atom. The van der Waals surface area contributed by atoms with Gasteiger partial charge in [0.15, 0.2) is 11.6 Å².